The van der Waals surface area contributed by atoms with Crippen LogP contribution in [0.1, 0.15) is 10.4 Å². The van der Waals surface area contributed by atoms with E-state index in [1.807, 2.05) is 5.38 Å². The number of aldehydes is 1. The Morgan fingerprint density at radius 3 is 2.62 bits per heavy atom. The number of thiol groups is 1. The van der Waals surface area contributed by atoms with Crippen LogP contribution in [0.5, 0.6) is 0 Å². The summed E-state index contributed by atoms with van der Waals surface area (Å²) in [5.74, 6) is 0. The van der Waals surface area contributed by atoms with Crippen LogP contribution in [-0.4, -0.2) is 6.29 Å². The van der Waals surface area contributed by atoms with Gasteiger partial charge < -0.3 is 0 Å². The molecule has 0 radical (unpaired) electrons. The first kappa shape index (κ1) is 5.85. The number of carbonyl (C=O) groups is 1. The topological polar surface area (TPSA) is 17.1 Å². The third-order valence-corrected chi connectivity index (χ3v) is 2.12. The highest BCUT2D eigenvalue weighted by atomic mass is 32.1. The average Bonchev–Trinajstić information content (AvgIpc) is 2.14. The van der Waals surface area contributed by atoms with Gasteiger partial charge in [0.2, 0.25) is 0 Å². The molecule has 1 heterocycles. The summed E-state index contributed by atoms with van der Waals surface area (Å²) in [6.07, 6.45) is 0.804. The first-order valence-electron chi connectivity index (χ1n) is 2.05. The van der Waals surface area contributed by atoms with E-state index in [0.717, 1.165) is 11.2 Å². The highest BCUT2D eigenvalue weighted by Gasteiger charge is 1.94. The van der Waals surface area contributed by atoms with Gasteiger partial charge in [-0.25, -0.2) is 0 Å². The molecule has 0 aliphatic carbocycles. The molecular weight excluding hydrogens is 140 g/mol. The molecule has 0 saturated heterocycles. The summed E-state index contributed by atoms with van der Waals surface area (Å²) in [4.78, 5) is 10.8. The summed E-state index contributed by atoms with van der Waals surface area (Å²) in [5, 5.41) is 3.60. The van der Waals surface area contributed by atoms with Crippen LogP contribution < -0.4 is 0 Å². The molecule has 0 aliphatic heterocycles. The Balaban J connectivity index is 3.09. The average molecular weight is 144 g/mol. The molecule has 3 heteroatoms. The molecule has 0 fully saturated rings. The van der Waals surface area contributed by atoms with E-state index in [1.165, 1.54) is 11.3 Å². The summed E-state index contributed by atoms with van der Waals surface area (Å²) in [5.41, 5.74) is 0.679. The Kier molecular flexibility index (Phi) is 1.70. The van der Waals surface area contributed by atoms with Gasteiger partial charge in [0.1, 0.15) is 0 Å². The second kappa shape index (κ2) is 2.33. The van der Waals surface area contributed by atoms with Gasteiger partial charge in [-0.15, -0.1) is 12.6 Å². The normalized spacial score (nSPS) is 9.12. The Morgan fingerprint density at radius 1 is 1.62 bits per heavy atom. The van der Waals surface area contributed by atoms with Crippen molar-refractivity contribution in [2.75, 3.05) is 0 Å². The van der Waals surface area contributed by atoms with E-state index in [9.17, 15) is 4.79 Å². The van der Waals surface area contributed by atoms with Crippen molar-refractivity contribution in [2.24, 2.45) is 0 Å². The minimum atomic E-state index is 0.679. The van der Waals surface area contributed by atoms with Crippen LogP contribution in [0, 0.1) is 0 Å². The number of thiophene rings is 1. The van der Waals surface area contributed by atoms with Crippen LogP contribution in [-0.2, 0) is 0 Å². The second-order valence-corrected chi connectivity index (χ2v) is 2.56. The van der Waals surface area contributed by atoms with Crippen LogP contribution >= 0.6 is 24.0 Å². The number of hydrogen-bond acceptors (Lipinski definition) is 3. The number of hydrogen-bond donors (Lipinski definition) is 1. The van der Waals surface area contributed by atoms with Crippen molar-refractivity contribution in [3.8, 4) is 0 Å². The summed E-state index contributed by atoms with van der Waals surface area (Å²) in [6, 6.07) is 0. The van der Waals surface area contributed by atoms with Gasteiger partial charge in [-0.05, 0) is 0 Å². The van der Waals surface area contributed by atoms with Gasteiger partial charge in [-0.1, -0.05) is 0 Å². The maximum atomic E-state index is 10.0. The lowest BCUT2D eigenvalue weighted by Gasteiger charge is -1.78. The Labute approximate surface area is 56.8 Å². The predicted octanol–water partition coefficient (Wildman–Crippen LogP) is 1.85. The van der Waals surface area contributed by atoms with E-state index in [4.69, 9.17) is 0 Å². The quantitative estimate of drug-likeness (QED) is 0.470. The van der Waals surface area contributed by atoms with Gasteiger partial charge in [-0.3, -0.25) is 4.79 Å². The first-order valence-corrected chi connectivity index (χ1v) is 3.44. The lowest BCUT2D eigenvalue weighted by atomic mass is 10.4. The Morgan fingerprint density at radius 2 is 2.38 bits per heavy atom. The monoisotopic (exact) mass is 144 g/mol. The summed E-state index contributed by atoms with van der Waals surface area (Å²) in [6.45, 7) is 0. The molecule has 42 valence electrons. The van der Waals surface area contributed by atoms with Crippen molar-refractivity contribution in [1.82, 2.24) is 0 Å². The fourth-order valence-electron chi connectivity index (χ4n) is 0.388. The molecule has 0 bridgehead atoms. The molecule has 0 aromatic carbocycles. The maximum absolute atomic E-state index is 10.0. The minimum absolute atomic E-state index is 0.679. The molecular formula is C5H4OS2. The van der Waals surface area contributed by atoms with Crippen molar-refractivity contribution in [1.29, 1.82) is 0 Å². The van der Waals surface area contributed by atoms with E-state index in [0.29, 0.717) is 5.56 Å². The van der Waals surface area contributed by atoms with Gasteiger partial charge in [0.15, 0.2) is 6.29 Å². The van der Waals surface area contributed by atoms with Gasteiger partial charge in [-0.2, -0.15) is 11.3 Å². The molecule has 0 spiro atoms. The van der Waals surface area contributed by atoms with Crippen LogP contribution in [0.25, 0.3) is 0 Å². The van der Waals surface area contributed by atoms with Crippen molar-refractivity contribution in [2.45, 2.75) is 4.90 Å². The largest absolute Gasteiger partial charge is 0.298 e. The smallest absolute Gasteiger partial charge is 0.152 e. The standard InChI is InChI=1S/C5H4OS2/c6-1-4-2-8-3-5(4)7/h1-3,7H. The minimum Gasteiger partial charge on any atom is -0.298 e. The van der Waals surface area contributed by atoms with Crippen LogP contribution in [0.15, 0.2) is 15.7 Å². The van der Waals surface area contributed by atoms with E-state index >= 15 is 0 Å². The van der Waals surface area contributed by atoms with E-state index in [1.54, 1.807) is 5.38 Å². The van der Waals surface area contributed by atoms with E-state index in [2.05, 4.69) is 12.6 Å². The Bertz CT molecular complexity index is 192. The van der Waals surface area contributed by atoms with E-state index < -0.39 is 0 Å². The summed E-state index contributed by atoms with van der Waals surface area (Å²) >= 11 is 5.49. The molecule has 1 rings (SSSR count). The molecule has 0 saturated carbocycles. The molecule has 1 aromatic rings. The van der Waals surface area contributed by atoms with Crippen molar-refractivity contribution < 1.29 is 4.79 Å². The fraction of sp³-hybridized carbons (Fsp3) is 0. The lowest BCUT2D eigenvalue weighted by molar-refractivity contribution is 0.112. The van der Waals surface area contributed by atoms with Crippen LogP contribution in [0.4, 0.5) is 0 Å². The molecule has 0 aliphatic rings. The SMILES string of the molecule is O=Cc1cscc1S. The maximum Gasteiger partial charge on any atom is 0.152 e. The molecule has 1 nitrogen and oxygen atoms in total. The zero-order chi connectivity index (χ0) is 5.98. The van der Waals surface area contributed by atoms with Gasteiger partial charge in [0.05, 0.1) is 0 Å². The molecule has 0 unspecified atom stereocenters. The zero-order valence-electron chi connectivity index (χ0n) is 4.00. The fourth-order valence-corrected chi connectivity index (χ4v) is 1.44. The highest BCUT2D eigenvalue weighted by Crippen LogP contribution is 2.15. The Hall–Kier alpha value is -0.280. The second-order valence-electron chi connectivity index (χ2n) is 1.33. The van der Waals surface area contributed by atoms with Crippen molar-refractivity contribution in [3.05, 3.63) is 16.3 Å². The van der Waals surface area contributed by atoms with Gasteiger partial charge in [0.25, 0.3) is 0 Å². The number of rotatable bonds is 1. The number of carbonyl (C=O) groups excluding carboxylic acids is 1. The third-order valence-electron chi connectivity index (χ3n) is 0.797. The molecule has 1 aromatic heterocycles. The predicted molar refractivity (Wildman–Crippen MR) is 37.0 cm³/mol. The summed E-state index contributed by atoms with van der Waals surface area (Å²) < 4.78 is 0. The van der Waals surface area contributed by atoms with Gasteiger partial charge in [0, 0.05) is 21.2 Å². The third kappa shape index (κ3) is 0.928. The highest BCUT2D eigenvalue weighted by molar-refractivity contribution is 7.80. The zero-order valence-corrected chi connectivity index (χ0v) is 5.71. The summed E-state index contributed by atoms with van der Waals surface area (Å²) in [7, 11) is 0. The van der Waals surface area contributed by atoms with Crippen LogP contribution in [0.2, 0.25) is 0 Å². The molecule has 0 atom stereocenters. The molecule has 8 heavy (non-hydrogen) atoms. The molecule has 0 amide bonds. The molecule has 0 N–H and O–H groups in total. The van der Waals surface area contributed by atoms with Crippen molar-refractivity contribution >= 4 is 30.3 Å². The first-order chi connectivity index (χ1) is 3.84. The van der Waals surface area contributed by atoms with E-state index in [-0.39, 0.29) is 0 Å². The van der Waals surface area contributed by atoms with Crippen LogP contribution in [0.3, 0.4) is 0 Å². The lowest BCUT2D eigenvalue weighted by Crippen LogP contribution is -1.70. The van der Waals surface area contributed by atoms with Gasteiger partial charge >= 0.3 is 0 Å². The van der Waals surface area contributed by atoms with Crippen molar-refractivity contribution in [3.63, 3.8) is 0 Å².